The van der Waals surface area contributed by atoms with Gasteiger partial charge in [-0.3, -0.25) is 0 Å². The Kier molecular flexibility index (Phi) is 5.35. The predicted octanol–water partition coefficient (Wildman–Crippen LogP) is 3.82. The molecule has 0 bridgehead atoms. The van der Waals surface area contributed by atoms with Crippen LogP contribution in [-0.4, -0.2) is 28.0 Å². The number of anilines is 3. The molecule has 1 fully saturated rings. The van der Waals surface area contributed by atoms with Crippen molar-refractivity contribution in [3.8, 4) is 0 Å². The summed E-state index contributed by atoms with van der Waals surface area (Å²) in [7, 11) is 0. The number of nitrogen functional groups attached to an aromatic ring is 2. The van der Waals surface area contributed by atoms with Crippen molar-refractivity contribution in [1.82, 2.24) is 15.0 Å². The second kappa shape index (κ2) is 8.06. The van der Waals surface area contributed by atoms with Gasteiger partial charge in [-0.05, 0) is 41.9 Å². The summed E-state index contributed by atoms with van der Waals surface area (Å²) < 4.78 is 15.0. The molecule has 10 heteroatoms. The monoisotopic (exact) mass is 471 g/mol. The van der Waals surface area contributed by atoms with Gasteiger partial charge >= 0.3 is 0 Å². The Bertz CT molecular complexity index is 1180. The lowest BCUT2D eigenvalue weighted by atomic mass is 9.73. The molecule has 1 spiro atoms. The van der Waals surface area contributed by atoms with E-state index in [0.717, 1.165) is 31.0 Å². The summed E-state index contributed by atoms with van der Waals surface area (Å²) in [5, 5.41) is 0.513. The van der Waals surface area contributed by atoms with E-state index < -0.39 is 5.95 Å². The zero-order valence-corrected chi connectivity index (χ0v) is 18.8. The third-order valence-electron chi connectivity index (χ3n) is 6.57. The number of piperidine rings is 1. The van der Waals surface area contributed by atoms with Gasteiger partial charge in [0.05, 0.1) is 5.02 Å². The van der Waals surface area contributed by atoms with E-state index in [1.165, 1.54) is 17.3 Å². The summed E-state index contributed by atoms with van der Waals surface area (Å²) in [6.45, 7) is 1.29. The molecular weight excluding hydrogens is 449 g/mol. The maximum atomic E-state index is 15.0. The van der Waals surface area contributed by atoms with E-state index in [-0.39, 0.29) is 39.0 Å². The van der Waals surface area contributed by atoms with E-state index in [1.54, 1.807) is 6.07 Å². The molecule has 0 unspecified atom stereocenters. The van der Waals surface area contributed by atoms with E-state index in [0.29, 0.717) is 18.0 Å². The number of halogens is 2. The van der Waals surface area contributed by atoms with Crippen molar-refractivity contribution < 1.29 is 4.39 Å². The van der Waals surface area contributed by atoms with E-state index in [4.69, 9.17) is 28.8 Å². The average molecular weight is 472 g/mol. The number of aromatic nitrogens is 3. The van der Waals surface area contributed by atoms with Crippen LogP contribution in [0.1, 0.15) is 30.0 Å². The SMILES string of the molecule is Nc1nc(N2CCC3(CC2)Cc2ccccc2[C@H]3N)c(F)nc1Sc1ccnc(N)c1Cl. The summed E-state index contributed by atoms with van der Waals surface area (Å²) in [5.74, 6) is -0.154. The number of nitrogens with zero attached hydrogens (tertiary/aromatic N) is 4. The highest BCUT2D eigenvalue weighted by Gasteiger charge is 2.46. The van der Waals surface area contributed by atoms with Crippen LogP contribution < -0.4 is 22.1 Å². The molecule has 3 aromatic rings. The fourth-order valence-corrected chi connectivity index (χ4v) is 5.81. The summed E-state index contributed by atoms with van der Waals surface area (Å²) >= 11 is 7.29. The van der Waals surface area contributed by atoms with Crippen LogP contribution in [0.25, 0.3) is 0 Å². The first-order valence-corrected chi connectivity index (χ1v) is 11.6. The third kappa shape index (κ3) is 3.54. The van der Waals surface area contributed by atoms with Gasteiger partial charge in [0.1, 0.15) is 10.8 Å². The topological polar surface area (TPSA) is 120 Å². The quantitative estimate of drug-likeness (QED) is 0.527. The molecule has 5 rings (SSSR count). The molecule has 3 heterocycles. The number of hydrogen-bond donors (Lipinski definition) is 3. The fraction of sp³-hybridized carbons (Fsp3) is 0.318. The van der Waals surface area contributed by atoms with E-state index in [9.17, 15) is 4.39 Å². The summed E-state index contributed by atoms with van der Waals surface area (Å²) in [4.78, 5) is 14.8. The van der Waals surface area contributed by atoms with Crippen molar-refractivity contribution in [2.75, 3.05) is 29.5 Å². The van der Waals surface area contributed by atoms with Crippen LogP contribution in [0.3, 0.4) is 0 Å². The van der Waals surface area contributed by atoms with E-state index >= 15 is 0 Å². The van der Waals surface area contributed by atoms with Gasteiger partial charge in [0.25, 0.3) is 5.95 Å². The van der Waals surface area contributed by atoms with Crippen molar-refractivity contribution in [2.24, 2.45) is 11.1 Å². The Morgan fingerprint density at radius 2 is 1.84 bits per heavy atom. The number of pyridine rings is 1. The van der Waals surface area contributed by atoms with Gasteiger partial charge in [-0.15, -0.1) is 0 Å². The van der Waals surface area contributed by atoms with Gasteiger partial charge in [0.2, 0.25) is 0 Å². The zero-order chi connectivity index (χ0) is 22.5. The molecule has 1 aliphatic carbocycles. The predicted molar refractivity (Wildman–Crippen MR) is 125 cm³/mol. The molecule has 1 atom stereocenters. The van der Waals surface area contributed by atoms with Crippen molar-refractivity contribution in [3.05, 3.63) is 58.6 Å². The molecule has 6 N–H and O–H groups in total. The summed E-state index contributed by atoms with van der Waals surface area (Å²) in [5.41, 5.74) is 21.1. The number of rotatable bonds is 3. The molecule has 0 radical (unpaired) electrons. The van der Waals surface area contributed by atoms with Crippen molar-refractivity contribution in [2.45, 2.75) is 35.2 Å². The van der Waals surface area contributed by atoms with Gasteiger partial charge in [-0.1, -0.05) is 47.6 Å². The van der Waals surface area contributed by atoms with Crippen LogP contribution in [0.4, 0.5) is 21.8 Å². The lowest BCUT2D eigenvalue weighted by Gasteiger charge is -2.42. The van der Waals surface area contributed by atoms with Crippen LogP contribution in [-0.2, 0) is 6.42 Å². The molecule has 7 nitrogen and oxygen atoms in total. The second-order valence-electron chi connectivity index (χ2n) is 8.34. The summed E-state index contributed by atoms with van der Waals surface area (Å²) in [6.07, 6.45) is 4.19. The molecule has 0 saturated carbocycles. The number of fused-ring (bicyclic) bond motifs is 1. The minimum Gasteiger partial charge on any atom is -0.382 e. The largest absolute Gasteiger partial charge is 0.382 e. The molecule has 2 aliphatic rings. The van der Waals surface area contributed by atoms with Gasteiger partial charge in [-0.25, -0.2) is 15.0 Å². The maximum Gasteiger partial charge on any atom is 0.257 e. The van der Waals surface area contributed by atoms with Crippen LogP contribution in [0.15, 0.2) is 46.5 Å². The highest BCUT2D eigenvalue weighted by Crippen LogP contribution is 2.51. The van der Waals surface area contributed by atoms with Crippen molar-refractivity contribution >= 4 is 40.8 Å². The van der Waals surface area contributed by atoms with Crippen LogP contribution in [0.5, 0.6) is 0 Å². The Balaban J connectivity index is 1.34. The van der Waals surface area contributed by atoms with E-state index in [1.807, 2.05) is 11.0 Å². The smallest absolute Gasteiger partial charge is 0.257 e. The number of hydrogen-bond acceptors (Lipinski definition) is 8. The van der Waals surface area contributed by atoms with Gasteiger partial charge < -0.3 is 22.1 Å². The van der Waals surface area contributed by atoms with Gasteiger partial charge in [-0.2, -0.15) is 4.39 Å². The number of benzene rings is 1. The highest BCUT2D eigenvalue weighted by atomic mass is 35.5. The Labute approximate surface area is 194 Å². The average Bonchev–Trinajstić information content (AvgIpc) is 3.06. The van der Waals surface area contributed by atoms with Crippen LogP contribution in [0, 0.1) is 11.4 Å². The Morgan fingerprint density at radius 1 is 1.09 bits per heavy atom. The van der Waals surface area contributed by atoms with Crippen molar-refractivity contribution in [1.29, 1.82) is 0 Å². The molecule has 32 heavy (non-hydrogen) atoms. The molecule has 1 aromatic carbocycles. The summed E-state index contributed by atoms with van der Waals surface area (Å²) in [6, 6.07) is 10.0. The molecule has 0 amide bonds. The van der Waals surface area contributed by atoms with E-state index in [2.05, 4.69) is 33.2 Å². The minimum atomic E-state index is -0.658. The third-order valence-corrected chi connectivity index (χ3v) is 8.13. The Morgan fingerprint density at radius 3 is 2.59 bits per heavy atom. The molecule has 2 aromatic heterocycles. The normalized spacial score (nSPS) is 19.3. The molecule has 166 valence electrons. The number of nitrogens with two attached hydrogens (primary N) is 3. The van der Waals surface area contributed by atoms with Crippen molar-refractivity contribution in [3.63, 3.8) is 0 Å². The zero-order valence-electron chi connectivity index (χ0n) is 17.3. The first-order chi connectivity index (χ1) is 15.4. The molecule has 1 aliphatic heterocycles. The van der Waals surface area contributed by atoms with Crippen LogP contribution in [0.2, 0.25) is 5.02 Å². The fourth-order valence-electron chi connectivity index (χ4n) is 4.77. The maximum absolute atomic E-state index is 15.0. The second-order valence-corrected chi connectivity index (χ2v) is 9.75. The first-order valence-electron chi connectivity index (χ1n) is 10.4. The molecular formula is C22H23ClFN7S. The lowest BCUT2D eigenvalue weighted by molar-refractivity contribution is 0.186. The first kappa shape index (κ1) is 21.2. The van der Waals surface area contributed by atoms with Gasteiger partial charge in [0, 0.05) is 30.2 Å². The highest BCUT2D eigenvalue weighted by molar-refractivity contribution is 7.99. The standard InChI is InChI=1S/C22H23ClFN7S/c23-15-14(5-8-28-18(15)26)32-21-19(27)30-20(17(24)29-21)31-9-6-22(7-10-31)11-12-3-1-2-4-13(12)16(22)25/h1-5,8,16H,6-7,9-11,25H2,(H2,26,28)(H2,27,30)/t16-/m1/s1. The lowest BCUT2D eigenvalue weighted by Crippen LogP contribution is -2.45. The molecule has 1 saturated heterocycles. The minimum absolute atomic E-state index is 0.00169. The van der Waals surface area contributed by atoms with Crippen LogP contribution >= 0.6 is 23.4 Å². The van der Waals surface area contributed by atoms with Gasteiger partial charge in [0.15, 0.2) is 11.6 Å². The Hall–Kier alpha value is -2.62.